The number of hydrogen-bond acceptors (Lipinski definition) is 2. The predicted molar refractivity (Wildman–Crippen MR) is 85.5 cm³/mol. The molecule has 20 heavy (non-hydrogen) atoms. The third-order valence-electron chi connectivity index (χ3n) is 3.90. The van der Waals surface area contributed by atoms with E-state index in [2.05, 4.69) is 11.0 Å². The van der Waals surface area contributed by atoms with E-state index in [9.17, 15) is 0 Å². The summed E-state index contributed by atoms with van der Waals surface area (Å²) in [5, 5.41) is 0.873. The highest BCUT2D eigenvalue weighted by atomic mass is 35.5. The molecule has 0 spiro atoms. The number of hydrogen-bond donors (Lipinski definition) is 0. The molecule has 1 aromatic carbocycles. The first-order chi connectivity index (χ1) is 9.86. The van der Waals surface area contributed by atoms with Gasteiger partial charge in [-0.05, 0) is 56.8 Å². The lowest BCUT2D eigenvalue weighted by molar-refractivity contribution is 0.115. The number of halogens is 1. The van der Waals surface area contributed by atoms with Crippen LogP contribution in [0.2, 0.25) is 5.02 Å². The van der Waals surface area contributed by atoms with Gasteiger partial charge >= 0.3 is 0 Å². The molecule has 2 rings (SSSR count). The molecule has 1 aliphatic rings. The van der Waals surface area contributed by atoms with Gasteiger partial charge in [-0.3, -0.25) is 0 Å². The molecular formula is C17H26ClNO. The first-order valence-electron chi connectivity index (χ1n) is 7.90. The second-order valence-corrected chi connectivity index (χ2v) is 5.97. The Kier molecular flexibility index (Phi) is 7.42. The maximum atomic E-state index is 6.13. The van der Waals surface area contributed by atoms with Crippen molar-refractivity contribution in [2.45, 2.75) is 38.5 Å². The lowest BCUT2D eigenvalue weighted by Crippen LogP contribution is -2.31. The summed E-state index contributed by atoms with van der Waals surface area (Å²) >= 11 is 6.13. The van der Waals surface area contributed by atoms with Gasteiger partial charge in [0.15, 0.2) is 0 Å². The van der Waals surface area contributed by atoms with Crippen molar-refractivity contribution in [2.75, 3.05) is 32.8 Å². The van der Waals surface area contributed by atoms with Crippen LogP contribution in [-0.2, 0) is 11.2 Å². The molecule has 1 heterocycles. The zero-order valence-electron chi connectivity index (χ0n) is 12.3. The second kappa shape index (κ2) is 9.38. The molecule has 1 aromatic rings. The molecule has 0 N–H and O–H groups in total. The number of benzene rings is 1. The summed E-state index contributed by atoms with van der Waals surface area (Å²) < 4.78 is 5.72. The SMILES string of the molecule is Clc1ccccc1CCCOCCCN1CCCCC1. The molecule has 0 unspecified atom stereocenters. The van der Waals surface area contributed by atoms with Crippen molar-refractivity contribution in [3.63, 3.8) is 0 Å². The predicted octanol–water partition coefficient (Wildman–Crippen LogP) is 4.17. The first-order valence-corrected chi connectivity index (χ1v) is 8.27. The minimum Gasteiger partial charge on any atom is -0.381 e. The van der Waals surface area contributed by atoms with Gasteiger partial charge < -0.3 is 9.64 Å². The summed E-state index contributed by atoms with van der Waals surface area (Å²) in [5.41, 5.74) is 1.23. The lowest BCUT2D eigenvalue weighted by Gasteiger charge is -2.26. The maximum absolute atomic E-state index is 6.13. The highest BCUT2D eigenvalue weighted by molar-refractivity contribution is 6.31. The quantitative estimate of drug-likeness (QED) is 0.668. The van der Waals surface area contributed by atoms with Gasteiger partial charge in [-0.15, -0.1) is 0 Å². The molecule has 0 bridgehead atoms. The van der Waals surface area contributed by atoms with Crippen LogP contribution in [0.3, 0.4) is 0 Å². The largest absolute Gasteiger partial charge is 0.381 e. The molecule has 0 radical (unpaired) electrons. The molecule has 112 valence electrons. The maximum Gasteiger partial charge on any atom is 0.0478 e. The van der Waals surface area contributed by atoms with Crippen LogP contribution in [0.15, 0.2) is 24.3 Å². The zero-order valence-corrected chi connectivity index (χ0v) is 13.1. The summed E-state index contributed by atoms with van der Waals surface area (Å²) in [5.74, 6) is 0. The number of piperidine rings is 1. The molecule has 1 aliphatic heterocycles. The number of nitrogens with zero attached hydrogens (tertiary/aromatic N) is 1. The fraction of sp³-hybridized carbons (Fsp3) is 0.647. The van der Waals surface area contributed by atoms with E-state index in [1.54, 1.807) is 0 Å². The highest BCUT2D eigenvalue weighted by Gasteiger charge is 2.08. The zero-order chi connectivity index (χ0) is 14.0. The molecular weight excluding hydrogens is 270 g/mol. The number of ether oxygens (including phenoxy) is 1. The smallest absolute Gasteiger partial charge is 0.0478 e. The Labute approximate surface area is 128 Å². The van der Waals surface area contributed by atoms with Crippen molar-refractivity contribution in [2.24, 2.45) is 0 Å². The first kappa shape index (κ1) is 15.8. The molecule has 0 saturated carbocycles. The van der Waals surface area contributed by atoms with Crippen LogP contribution in [0.4, 0.5) is 0 Å². The van der Waals surface area contributed by atoms with E-state index in [0.29, 0.717) is 0 Å². The fourth-order valence-electron chi connectivity index (χ4n) is 2.74. The van der Waals surface area contributed by atoms with Gasteiger partial charge in [0.1, 0.15) is 0 Å². The average molecular weight is 296 g/mol. The van der Waals surface area contributed by atoms with Gasteiger partial charge in [-0.1, -0.05) is 36.2 Å². The topological polar surface area (TPSA) is 12.5 Å². The lowest BCUT2D eigenvalue weighted by atomic mass is 10.1. The van der Waals surface area contributed by atoms with Crippen molar-refractivity contribution in [1.82, 2.24) is 4.90 Å². The Morgan fingerprint density at radius 3 is 2.55 bits per heavy atom. The average Bonchev–Trinajstić information content (AvgIpc) is 2.49. The van der Waals surface area contributed by atoms with Crippen LogP contribution >= 0.6 is 11.6 Å². The summed E-state index contributed by atoms with van der Waals surface area (Å²) in [6.07, 6.45) is 7.37. The monoisotopic (exact) mass is 295 g/mol. The van der Waals surface area contributed by atoms with Gasteiger partial charge in [0.2, 0.25) is 0 Å². The van der Waals surface area contributed by atoms with Crippen molar-refractivity contribution < 1.29 is 4.74 Å². The summed E-state index contributed by atoms with van der Waals surface area (Å²) in [6.45, 7) is 5.49. The van der Waals surface area contributed by atoms with Crippen LogP contribution in [-0.4, -0.2) is 37.7 Å². The molecule has 3 heteroatoms. The molecule has 0 amide bonds. The molecule has 1 fully saturated rings. The van der Waals surface area contributed by atoms with Crippen molar-refractivity contribution in [1.29, 1.82) is 0 Å². The van der Waals surface area contributed by atoms with Gasteiger partial charge in [0, 0.05) is 24.8 Å². The third kappa shape index (κ3) is 5.82. The van der Waals surface area contributed by atoms with E-state index in [0.717, 1.165) is 37.5 Å². The van der Waals surface area contributed by atoms with Gasteiger partial charge in [0.05, 0.1) is 0 Å². The minimum absolute atomic E-state index is 0.839. The van der Waals surface area contributed by atoms with Crippen LogP contribution in [0.5, 0.6) is 0 Å². The normalized spacial score (nSPS) is 16.4. The van der Waals surface area contributed by atoms with E-state index in [1.807, 2.05) is 18.2 Å². The van der Waals surface area contributed by atoms with E-state index in [4.69, 9.17) is 16.3 Å². The number of aryl methyl sites for hydroxylation is 1. The Morgan fingerprint density at radius 2 is 1.75 bits per heavy atom. The Balaban J connectivity index is 1.46. The molecule has 0 aromatic heterocycles. The van der Waals surface area contributed by atoms with Gasteiger partial charge in [-0.25, -0.2) is 0 Å². The standard InChI is InChI=1S/C17H26ClNO/c18-17-10-3-2-8-16(17)9-6-14-20-15-7-13-19-11-4-1-5-12-19/h2-3,8,10H,1,4-7,9,11-15H2. The van der Waals surface area contributed by atoms with Crippen LogP contribution in [0.25, 0.3) is 0 Å². The van der Waals surface area contributed by atoms with E-state index < -0.39 is 0 Å². The van der Waals surface area contributed by atoms with Crippen LogP contribution < -0.4 is 0 Å². The van der Waals surface area contributed by atoms with Crippen LogP contribution in [0, 0.1) is 0 Å². The summed E-state index contributed by atoms with van der Waals surface area (Å²) in [6, 6.07) is 8.07. The van der Waals surface area contributed by atoms with Gasteiger partial charge in [-0.2, -0.15) is 0 Å². The van der Waals surface area contributed by atoms with Crippen molar-refractivity contribution in [3.05, 3.63) is 34.9 Å². The Hall–Kier alpha value is -0.570. The molecule has 2 nitrogen and oxygen atoms in total. The molecule has 0 atom stereocenters. The van der Waals surface area contributed by atoms with Crippen molar-refractivity contribution in [3.8, 4) is 0 Å². The minimum atomic E-state index is 0.839. The third-order valence-corrected chi connectivity index (χ3v) is 4.27. The molecule has 0 aliphatic carbocycles. The van der Waals surface area contributed by atoms with Crippen LogP contribution in [0.1, 0.15) is 37.7 Å². The summed E-state index contributed by atoms with van der Waals surface area (Å²) in [4.78, 5) is 2.57. The second-order valence-electron chi connectivity index (χ2n) is 5.56. The Morgan fingerprint density at radius 1 is 1.00 bits per heavy atom. The van der Waals surface area contributed by atoms with Gasteiger partial charge in [0.25, 0.3) is 0 Å². The van der Waals surface area contributed by atoms with Crippen molar-refractivity contribution >= 4 is 11.6 Å². The highest BCUT2D eigenvalue weighted by Crippen LogP contribution is 2.16. The number of rotatable bonds is 8. The number of likely N-dealkylation sites (tertiary alicyclic amines) is 1. The summed E-state index contributed by atoms with van der Waals surface area (Å²) in [7, 11) is 0. The van der Waals surface area contributed by atoms with E-state index in [-0.39, 0.29) is 0 Å². The fourth-order valence-corrected chi connectivity index (χ4v) is 2.97. The Bertz CT molecular complexity index is 377. The van der Waals surface area contributed by atoms with E-state index in [1.165, 1.54) is 44.5 Å². The molecule has 1 saturated heterocycles. The van der Waals surface area contributed by atoms with E-state index >= 15 is 0 Å².